The first-order chi connectivity index (χ1) is 43.9. The Balaban J connectivity index is 0.000000122. The van der Waals surface area contributed by atoms with E-state index in [9.17, 15) is 0 Å². The minimum Gasteiger partial charge on any atom is -0.455 e. The predicted octanol–water partition coefficient (Wildman–Crippen LogP) is 21.1. The predicted molar refractivity (Wildman–Crippen MR) is 375 cm³/mol. The number of furan rings is 4. The van der Waals surface area contributed by atoms with Crippen molar-refractivity contribution in [2.24, 2.45) is 0 Å². The lowest BCUT2D eigenvalue weighted by atomic mass is 10.0. The van der Waals surface area contributed by atoms with Crippen molar-refractivity contribution in [1.29, 1.82) is 0 Å². The van der Waals surface area contributed by atoms with Gasteiger partial charge in [-0.1, -0.05) is 252 Å². The largest absolute Gasteiger partial charge is 0.455 e. The van der Waals surface area contributed by atoms with Crippen molar-refractivity contribution < 1.29 is 22.2 Å². The second kappa shape index (κ2) is 22.7. The van der Waals surface area contributed by atoms with Crippen molar-refractivity contribution in [3.05, 3.63) is 296 Å². The van der Waals surface area contributed by atoms with Gasteiger partial charge in [0.05, 0.1) is 29.4 Å². The number of para-hydroxylation sites is 4. The van der Waals surface area contributed by atoms with E-state index in [-0.39, 0.29) is 0 Å². The fraction of sp³-hybridized carbons (Fsp3) is 0. The molecule has 12 aromatic carbocycles. The van der Waals surface area contributed by atoms with Gasteiger partial charge in [-0.05, 0) is 77.3 Å². The van der Waals surface area contributed by atoms with Gasteiger partial charge in [0, 0.05) is 74.6 Å². The Morgan fingerprint density at radius 1 is 0.326 bits per heavy atom. The minimum absolute atomic E-state index is 0.699. The average Bonchev–Trinajstić information content (AvgIpc) is 1.83. The normalized spacial score (nSPS) is 11.9. The lowest BCUT2D eigenvalue weighted by Crippen LogP contribution is -2.25. The van der Waals surface area contributed by atoms with E-state index in [1.54, 1.807) is 0 Å². The summed E-state index contributed by atoms with van der Waals surface area (Å²) in [6.07, 6.45) is 0. The van der Waals surface area contributed by atoms with Crippen molar-refractivity contribution in [3.8, 4) is 22.5 Å². The summed E-state index contributed by atoms with van der Waals surface area (Å²) < 4.78 is 41.9. The smallest absolute Gasteiger partial charge is 0.171 e. The summed E-state index contributed by atoms with van der Waals surface area (Å²) in [5.41, 5.74) is 11.5. The summed E-state index contributed by atoms with van der Waals surface area (Å²) in [5, 5.41) is 14.8. The molecule has 0 radical (unpaired) electrons. The molecule has 0 saturated heterocycles. The van der Waals surface area contributed by atoms with Crippen LogP contribution in [-0.2, 0) is 4.57 Å². The molecule has 0 unspecified atom stereocenters. The van der Waals surface area contributed by atoms with Crippen LogP contribution in [0, 0.1) is 0 Å². The van der Waals surface area contributed by atoms with Gasteiger partial charge in [0.25, 0.3) is 0 Å². The zero-order valence-corrected chi connectivity index (χ0v) is 51.4. The number of halogens is 2. The second-order valence-corrected chi connectivity index (χ2v) is 28.0. The van der Waals surface area contributed by atoms with Crippen LogP contribution in [0.1, 0.15) is 0 Å². The van der Waals surface area contributed by atoms with Gasteiger partial charge in [0.1, 0.15) is 44.5 Å². The van der Waals surface area contributed by atoms with Gasteiger partial charge < -0.3 is 22.2 Å². The van der Waals surface area contributed by atoms with E-state index in [4.69, 9.17) is 38.9 Å². The van der Waals surface area contributed by atoms with Gasteiger partial charge in [-0.3, -0.25) is 0 Å². The maximum atomic E-state index is 15.3. The number of pyridine rings is 2. The van der Waals surface area contributed by atoms with Gasteiger partial charge >= 0.3 is 0 Å². The standard InChI is InChI=1S/C39H24NO3P.C27H14BrNO2.C12H10ClP/c41-44(26-13-3-1-4-14-26,27-15-5-2-6-16-27)28-17-11-12-25(24-28)36-35-31-19-8-10-21-34(31)42-38(35)32-23-22-30-29-18-7-9-20-33(29)43-39(30)37(32)40-36;28-16-7-5-6-15(14-16)24-23-19-9-2-4-11-22(19)30-26(23)20-13-12-18-17-8-1-3-10-21(17)31-27(18)25(20)29-24;13-14(11-7-3-1-4-8-11)12-9-5-2-6-10-12/h1-24H;1-14H;1-10H. The Hall–Kier alpha value is -9.91. The van der Waals surface area contributed by atoms with E-state index in [2.05, 4.69) is 101 Å². The van der Waals surface area contributed by atoms with E-state index in [0.29, 0.717) is 0 Å². The molecule has 0 saturated carbocycles. The first kappa shape index (κ1) is 54.5. The number of fused-ring (bicyclic) bond motifs is 18. The van der Waals surface area contributed by atoms with Crippen molar-refractivity contribution >= 4 is 178 Å². The summed E-state index contributed by atoms with van der Waals surface area (Å²) in [6.45, 7) is 0. The monoisotopic (exact) mass is 1270 g/mol. The van der Waals surface area contributed by atoms with E-state index in [1.165, 1.54) is 10.6 Å². The van der Waals surface area contributed by atoms with Crippen LogP contribution in [0.25, 0.3) is 132 Å². The molecular formula is C78H48BrClN2O5P2. The molecule has 0 bridgehead atoms. The van der Waals surface area contributed by atoms with Crippen molar-refractivity contribution in [2.75, 3.05) is 0 Å². The molecule has 0 amide bonds. The van der Waals surface area contributed by atoms with Gasteiger partial charge in [0.2, 0.25) is 0 Å². The lowest BCUT2D eigenvalue weighted by molar-refractivity contribution is 0.592. The first-order valence-corrected chi connectivity index (χ1v) is 33.8. The lowest BCUT2D eigenvalue weighted by Gasteiger charge is -2.20. The Labute approximate surface area is 524 Å². The fourth-order valence-electron chi connectivity index (χ4n) is 12.3. The average molecular weight is 1270 g/mol. The Bertz CT molecular complexity index is 5690. The molecule has 0 atom stereocenters. The van der Waals surface area contributed by atoms with Gasteiger partial charge in [-0.25, -0.2) is 9.97 Å². The van der Waals surface area contributed by atoms with Crippen LogP contribution in [0.5, 0.6) is 0 Å². The van der Waals surface area contributed by atoms with Crippen LogP contribution in [0.4, 0.5) is 0 Å². The number of rotatable bonds is 7. The Kier molecular flexibility index (Phi) is 13.9. The molecule has 6 aromatic heterocycles. The molecule has 18 aromatic rings. The maximum Gasteiger partial charge on any atom is 0.171 e. The first-order valence-electron chi connectivity index (χ1n) is 29.1. The Morgan fingerprint density at radius 3 is 1.12 bits per heavy atom. The summed E-state index contributed by atoms with van der Waals surface area (Å²) in [6, 6.07) is 96.9. The number of hydrogen-bond acceptors (Lipinski definition) is 7. The number of benzene rings is 12. The van der Waals surface area contributed by atoms with E-state index >= 15 is 4.57 Å². The van der Waals surface area contributed by atoms with Gasteiger partial charge in [0.15, 0.2) is 18.3 Å². The molecule has 6 heterocycles. The molecule has 0 spiro atoms. The third-order valence-corrected chi connectivity index (χ3v) is 22.7. The molecule has 0 N–H and O–H groups in total. The number of nitrogens with zero attached hydrogens (tertiary/aromatic N) is 2. The topological polar surface area (TPSA) is 95.4 Å². The van der Waals surface area contributed by atoms with Crippen LogP contribution in [-0.4, -0.2) is 9.97 Å². The highest BCUT2D eigenvalue weighted by Gasteiger charge is 2.31. The summed E-state index contributed by atoms with van der Waals surface area (Å²) in [4.78, 5) is 10.5. The maximum absolute atomic E-state index is 15.3. The summed E-state index contributed by atoms with van der Waals surface area (Å²) in [7, 11) is -3.89. The third-order valence-electron chi connectivity index (χ3n) is 16.4. The molecule has 7 nitrogen and oxygen atoms in total. The third kappa shape index (κ3) is 9.51. The molecule has 18 rings (SSSR count). The number of hydrogen-bond donors (Lipinski definition) is 0. The highest BCUT2D eigenvalue weighted by molar-refractivity contribution is 9.10. The van der Waals surface area contributed by atoms with Gasteiger partial charge in [-0.2, -0.15) is 0 Å². The molecule has 89 heavy (non-hydrogen) atoms. The van der Waals surface area contributed by atoms with Crippen LogP contribution < -0.4 is 26.5 Å². The quantitative estimate of drug-likeness (QED) is 0.147. The fourth-order valence-corrected chi connectivity index (χ4v) is 17.2. The zero-order valence-electron chi connectivity index (χ0n) is 47.3. The molecule has 0 fully saturated rings. The van der Waals surface area contributed by atoms with E-state index < -0.39 is 14.4 Å². The minimum atomic E-state index is -3.19. The van der Waals surface area contributed by atoms with Crippen molar-refractivity contribution in [1.82, 2.24) is 9.97 Å². The van der Waals surface area contributed by atoms with Crippen LogP contribution >= 0.6 is 41.6 Å². The SMILES string of the molecule is Brc1cccc(-c2nc3c(ccc4c5ccccc5oc43)c3oc4ccccc4c23)c1.ClP(c1ccccc1)c1ccccc1.O=P(c1ccccc1)(c1ccccc1)c1cccc(-c2nc3c(ccc4c5ccccc5oc43)c3oc4ccccc4c23)c1. The highest BCUT2D eigenvalue weighted by Crippen LogP contribution is 2.47. The molecule has 424 valence electrons. The van der Waals surface area contributed by atoms with Crippen LogP contribution in [0.15, 0.2) is 313 Å². The van der Waals surface area contributed by atoms with Crippen molar-refractivity contribution in [2.45, 2.75) is 0 Å². The molecule has 11 heteroatoms. The second-order valence-electron chi connectivity index (χ2n) is 21.7. The van der Waals surface area contributed by atoms with Crippen molar-refractivity contribution in [3.63, 3.8) is 0 Å². The summed E-state index contributed by atoms with van der Waals surface area (Å²) in [5.74, 6) is 0. The molecule has 0 aliphatic heterocycles. The molecule has 0 aliphatic rings. The van der Waals surface area contributed by atoms with Gasteiger partial charge in [-0.15, -0.1) is 0 Å². The molecular weight excluding hydrogens is 1220 g/mol. The molecule has 0 aliphatic carbocycles. The van der Waals surface area contributed by atoms with Crippen LogP contribution in [0.2, 0.25) is 0 Å². The zero-order chi connectivity index (χ0) is 59.6. The van der Waals surface area contributed by atoms with E-state index in [0.717, 1.165) is 152 Å². The van der Waals surface area contributed by atoms with Crippen LogP contribution in [0.3, 0.4) is 0 Å². The summed E-state index contributed by atoms with van der Waals surface area (Å²) >= 11 is 10.0. The van der Waals surface area contributed by atoms with E-state index in [1.807, 2.05) is 206 Å². The Morgan fingerprint density at radius 2 is 0.674 bits per heavy atom. The highest BCUT2D eigenvalue weighted by atomic mass is 79.9. The number of aromatic nitrogens is 2.